The zero-order chi connectivity index (χ0) is 7.30. The molecule has 0 aromatic carbocycles. The summed E-state index contributed by atoms with van der Waals surface area (Å²) in [6, 6.07) is -0.549. The summed E-state index contributed by atoms with van der Waals surface area (Å²) in [6.07, 6.45) is -2.69. The summed E-state index contributed by atoms with van der Waals surface area (Å²) in [5.41, 5.74) is 0. The van der Waals surface area contributed by atoms with Crippen LogP contribution in [0, 0.1) is 5.92 Å². The third-order valence-electron chi connectivity index (χ3n) is 2.25. The molecule has 10 heavy (non-hydrogen) atoms. The zero-order valence-corrected chi connectivity index (χ0v) is 5.18. The lowest BCUT2D eigenvalue weighted by Crippen LogP contribution is -2.44. The van der Waals surface area contributed by atoms with Gasteiger partial charge in [-0.2, -0.15) is 0 Å². The second kappa shape index (κ2) is 1.68. The number of carbonyl (C=O) groups is 1. The van der Waals surface area contributed by atoms with Crippen LogP contribution in [0.15, 0.2) is 0 Å². The first kappa shape index (κ1) is 6.07. The maximum Gasteiger partial charge on any atom is 0.226 e. The average Bonchev–Trinajstić information content (AvgIpc) is 2.36. The number of hydrogen-bond donors (Lipinski definition) is 1. The van der Waals surface area contributed by atoms with Crippen molar-refractivity contribution >= 4 is 5.91 Å². The van der Waals surface area contributed by atoms with Crippen LogP contribution in [-0.4, -0.2) is 24.3 Å². The van der Waals surface area contributed by atoms with Crippen molar-refractivity contribution in [1.82, 2.24) is 5.32 Å². The normalized spacial score (nSPS) is 51.6. The number of carbonyl (C=O) groups excluding carboxylic acids is 1. The third kappa shape index (κ3) is 0.540. The van der Waals surface area contributed by atoms with E-state index in [2.05, 4.69) is 5.32 Å². The molecule has 2 bridgehead atoms. The molecule has 2 fully saturated rings. The van der Waals surface area contributed by atoms with E-state index in [1.165, 1.54) is 0 Å². The molecule has 1 saturated heterocycles. The first-order chi connectivity index (χ1) is 4.70. The van der Waals surface area contributed by atoms with Crippen molar-refractivity contribution in [2.24, 2.45) is 5.92 Å². The van der Waals surface area contributed by atoms with Gasteiger partial charge in [-0.1, -0.05) is 0 Å². The second-order valence-corrected chi connectivity index (χ2v) is 2.85. The van der Waals surface area contributed by atoms with Crippen molar-refractivity contribution in [3.63, 3.8) is 0 Å². The van der Waals surface area contributed by atoms with Gasteiger partial charge in [0.05, 0.1) is 12.0 Å². The third-order valence-corrected chi connectivity index (χ3v) is 2.25. The molecule has 4 heteroatoms. The monoisotopic (exact) mass is 147 g/mol. The molecule has 1 N–H and O–H groups in total. The highest BCUT2D eigenvalue weighted by molar-refractivity contribution is 5.83. The number of hydrogen-bond acceptors (Lipinski definition) is 1. The van der Waals surface area contributed by atoms with E-state index in [4.69, 9.17) is 0 Å². The molecule has 0 aromatic heterocycles. The van der Waals surface area contributed by atoms with Crippen molar-refractivity contribution in [2.75, 3.05) is 0 Å². The van der Waals surface area contributed by atoms with E-state index in [1.54, 1.807) is 0 Å². The summed E-state index contributed by atoms with van der Waals surface area (Å²) in [5.74, 6) is -1.04. The summed E-state index contributed by atoms with van der Waals surface area (Å²) in [4.78, 5) is 10.7. The van der Waals surface area contributed by atoms with E-state index in [9.17, 15) is 13.6 Å². The summed E-state index contributed by atoms with van der Waals surface area (Å²) < 4.78 is 25.2. The van der Waals surface area contributed by atoms with E-state index in [1.807, 2.05) is 0 Å². The predicted octanol–water partition coefficient (Wildman–Crippen LogP) is 0.181. The molecule has 0 radical (unpaired) electrons. The minimum absolute atomic E-state index is 0.327. The molecule has 2 rings (SSSR count). The number of amides is 1. The Morgan fingerprint density at radius 2 is 2.10 bits per heavy atom. The van der Waals surface area contributed by atoms with Gasteiger partial charge >= 0.3 is 0 Å². The van der Waals surface area contributed by atoms with Crippen LogP contribution in [0.5, 0.6) is 0 Å². The largest absolute Gasteiger partial charge is 0.350 e. The smallest absolute Gasteiger partial charge is 0.226 e. The number of piperidine rings is 1. The highest BCUT2D eigenvalue weighted by atomic mass is 19.2. The molecule has 1 saturated carbocycles. The molecule has 56 valence electrons. The van der Waals surface area contributed by atoms with E-state index in [-0.39, 0.29) is 5.91 Å². The SMILES string of the molecule is O=C1NC2CC1C(F)C2F. The van der Waals surface area contributed by atoms with Crippen LogP contribution in [0.1, 0.15) is 6.42 Å². The molecule has 1 heterocycles. The number of alkyl halides is 2. The Bertz CT molecular complexity index is 183. The molecule has 1 amide bonds. The number of rotatable bonds is 0. The highest BCUT2D eigenvalue weighted by Gasteiger charge is 2.53. The average molecular weight is 147 g/mol. The Hall–Kier alpha value is -0.670. The van der Waals surface area contributed by atoms with E-state index >= 15 is 0 Å². The van der Waals surface area contributed by atoms with Crippen LogP contribution in [0.4, 0.5) is 8.78 Å². The number of nitrogens with one attached hydrogen (secondary N) is 1. The Labute approximate surface area is 56.6 Å². The number of fused-ring (bicyclic) bond motifs is 2. The summed E-state index contributed by atoms with van der Waals surface area (Å²) >= 11 is 0. The molecule has 2 aliphatic rings. The van der Waals surface area contributed by atoms with Gasteiger partial charge < -0.3 is 5.32 Å². The van der Waals surface area contributed by atoms with Gasteiger partial charge in [-0.25, -0.2) is 8.78 Å². The fraction of sp³-hybridized carbons (Fsp3) is 0.833. The Morgan fingerprint density at radius 3 is 2.50 bits per heavy atom. The van der Waals surface area contributed by atoms with Crippen LogP contribution in [0.3, 0.4) is 0 Å². The number of halogens is 2. The molecular formula is C6H7F2NO. The fourth-order valence-electron chi connectivity index (χ4n) is 1.66. The van der Waals surface area contributed by atoms with Gasteiger partial charge in [-0.05, 0) is 6.42 Å². The molecule has 0 spiro atoms. The van der Waals surface area contributed by atoms with Crippen LogP contribution < -0.4 is 5.32 Å². The van der Waals surface area contributed by atoms with Gasteiger partial charge in [0.2, 0.25) is 5.91 Å². The predicted molar refractivity (Wildman–Crippen MR) is 29.8 cm³/mol. The Kier molecular flexibility index (Phi) is 1.02. The van der Waals surface area contributed by atoms with Gasteiger partial charge in [0.15, 0.2) is 6.17 Å². The van der Waals surface area contributed by atoms with Crippen molar-refractivity contribution < 1.29 is 13.6 Å². The molecule has 1 aliphatic heterocycles. The molecular weight excluding hydrogens is 140 g/mol. The minimum Gasteiger partial charge on any atom is -0.350 e. The summed E-state index contributed by atoms with van der Waals surface area (Å²) in [5, 5.41) is 2.38. The first-order valence-electron chi connectivity index (χ1n) is 3.28. The van der Waals surface area contributed by atoms with Crippen molar-refractivity contribution in [3.05, 3.63) is 0 Å². The summed E-state index contributed by atoms with van der Waals surface area (Å²) in [6.45, 7) is 0. The first-order valence-corrected chi connectivity index (χ1v) is 3.28. The standard InChI is InChI=1S/C6H7F2NO/c7-4-2-1-3(5(4)8)9-6(2)10/h2-5H,1H2,(H,9,10). The zero-order valence-electron chi connectivity index (χ0n) is 5.18. The van der Waals surface area contributed by atoms with Gasteiger partial charge in [-0.3, -0.25) is 4.79 Å². The van der Waals surface area contributed by atoms with Crippen molar-refractivity contribution in [3.8, 4) is 0 Å². The fourth-order valence-corrected chi connectivity index (χ4v) is 1.66. The molecule has 0 aromatic rings. The van der Waals surface area contributed by atoms with Crippen LogP contribution >= 0.6 is 0 Å². The second-order valence-electron chi connectivity index (χ2n) is 2.85. The lowest BCUT2D eigenvalue weighted by molar-refractivity contribution is -0.127. The lowest BCUT2D eigenvalue weighted by atomic mass is 10.1. The maximum atomic E-state index is 12.6. The Morgan fingerprint density at radius 1 is 1.40 bits per heavy atom. The molecule has 4 unspecified atom stereocenters. The van der Waals surface area contributed by atoms with Gasteiger partial charge in [-0.15, -0.1) is 0 Å². The molecule has 1 aliphatic carbocycles. The van der Waals surface area contributed by atoms with Crippen molar-refractivity contribution in [1.29, 1.82) is 0 Å². The molecule has 2 nitrogen and oxygen atoms in total. The van der Waals surface area contributed by atoms with E-state index in [0.717, 1.165) is 0 Å². The summed E-state index contributed by atoms with van der Waals surface area (Å²) in [7, 11) is 0. The quantitative estimate of drug-likeness (QED) is 0.520. The van der Waals surface area contributed by atoms with E-state index < -0.39 is 24.3 Å². The lowest BCUT2D eigenvalue weighted by Gasteiger charge is -2.18. The van der Waals surface area contributed by atoms with E-state index in [0.29, 0.717) is 6.42 Å². The van der Waals surface area contributed by atoms with Crippen LogP contribution in [0.2, 0.25) is 0 Å². The van der Waals surface area contributed by atoms with Crippen LogP contribution in [-0.2, 0) is 4.79 Å². The Balaban J connectivity index is 2.24. The molecule has 4 atom stereocenters. The van der Waals surface area contributed by atoms with Gasteiger partial charge in [0.25, 0.3) is 0 Å². The van der Waals surface area contributed by atoms with Crippen molar-refractivity contribution in [2.45, 2.75) is 24.8 Å². The topological polar surface area (TPSA) is 29.1 Å². The van der Waals surface area contributed by atoms with Gasteiger partial charge in [0.1, 0.15) is 6.17 Å². The minimum atomic E-state index is -1.56. The highest BCUT2D eigenvalue weighted by Crippen LogP contribution is 2.36. The maximum absolute atomic E-state index is 12.6. The van der Waals surface area contributed by atoms with Crippen LogP contribution in [0.25, 0.3) is 0 Å². The van der Waals surface area contributed by atoms with Gasteiger partial charge in [0, 0.05) is 0 Å².